The van der Waals surface area contributed by atoms with Crippen molar-refractivity contribution in [2.24, 2.45) is 4.99 Å². The highest BCUT2D eigenvalue weighted by atomic mass is 15.3. The Hall–Kier alpha value is -1.03. The molecule has 0 radical (unpaired) electrons. The van der Waals surface area contributed by atoms with E-state index in [1.807, 2.05) is 6.08 Å². The van der Waals surface area contributed by atoms with Crippen LogP contribution in [0.5, 0.6) is 0 Å². The minimum Gasteiger partial charge on any atom is -0.357 e. The minimum absolute atomic E-state index is 0.846. The van der Waals surface area contributed by atoms with E-state index in [9.17, 15) is 0 Å². The molecule has 0 aromatic heterocycles. The van der Waals surface area contributed by atoms with Gasteiger partial charge in [0.15, 0.2) is 5.96 Å². The molecule has 0 aliphatic heterocycles. The molecule has 106 valence electrons. The van der Waals surface area contributed by atoms with E-state index in [1.165, 1.54) is 0 Å². The summed E-state index contributed by atoms with van der Waals surface area (Å²) < 4.78 is 0. The second-order valence-corrected chi connectivity index (χ2v) is 4.48. The molecule has 0 amide bonds. The van der Waals surface area contributed by atoms with Gasteiger partial charge in [-0.3, -0.25) is 4.99 Å². The number of nitrogens with zero attached hydrogens (tertiary/aromatic N) is 3. The molecular weight excluding hydrogens is 224 g/mol. The third kappa shape index (κ3) is 8.12. The van der Waals surface area contributed by atoms with Crippen LogP contribution in [0, 0.1) is 0 Å². The van der Waals surface area contributed by atoms with Crippen LogP contribution in [0.2, 0.25) is 0 Å². The van der Waals surface area contributed by atoms with Crippen LogP contribution >= 0.6 is 0 Å². The van der Waals surface area contributed by atoms with E-state index in [0.29, 0.717) is 0 Å². The summed E-state index contributed by atoms with van der Waals surface area (Å²) in [7, 11) is 4.21. The van der Waals surface area contributed by atoms with Crippen molar-refractivity contribution in [2.75, 3.05) is 46.8 Å². The number of hydrogen-bond acceptors (Lipinski definition) is 2. The molecule has 0 atom stereocenters. The summed E-state index contributed by atoms with van der Waals surface area (Å²) >= 11 is 0. The SMILES string of the molecule is C=CCCCN(C)C(=NCCN(C)CC)NCC. The first kappa shape index (κ1) is 17.0. The van der Waals surface area contributed by atoms with E-state index < -0.39 is 0 Å². The van der Waals surface area contributed by atoms with Gasteiger partial charge in [0.1, 0.15) is 0 Å². The summed E-state index contributed by atoms with van der Waals surface area (Å²) in [6.07, 6.45) is 4.15. The quantitative estimate of drug-likeness (QED) is 0.295. The summed E-state index contributed by atoms with van der Waals surface area (Å²) in [6, 6.07) is 0. The lowest BCUT2D eigenvalue weighted by atomic mass is 10.3. The van der Waals surface area contributed by atoms with Crippen molar-refractivity contribution in [3.63, 3.8) is 0 Å². The van der Waals surface area contributed by atoms with E-state index in [1.54, 1.807) is 0 Å². The summed E-state index contributed by atoms with van der Waals surface area (Å²) in [5.41, 5.74) is 0. The standard InChI is InChI=1S/C14H30N4/c1-6-9-10-12-18(5)14(15-7-2)16-11-13-17(4)8-3/h6H,1,7-13H2,2-5H3,(H,15,16). The maximum atomic E-state index is 4.64. The third-order valence-corrected chi connectivity index (χ3v) is 2.88. The van der Waals surface area contributed by atoms with E-state index in [2.05, 4.69) is 54.6 Å². The molecule has 0 rings (SSSR count). The van der Waals surface area contributed by atoms with Gasteiger partial charge in [0.05, 0.1) is 6.54 Å². The van der Waals surface area contributed by atoms with E-state index in [-0.39, 0.29) is 0 Å². The lowest BCUT2D eigenvalue weighted by Crippen LogP contribution is -2.40. The van der Waals surface area contributed by atoms with Crippen LogP contribution in [-0.4, -0.2) is 62.6 Å². The fraction of sp³-hybridized carbons (Fsp3) is 0.786. The highest BCUT2D eigenvalue weighted by Crippen LogP contribution is 1.95. The van der Waals surface area contributed by atoms with Crippen molar-refractivity contribution >= 4 is 5.96 Å². The summed E-state index contributed by atoms with van der Waals surface area (Å²) in [5.74, 6) is 1.01. The molecule has 0 fully saturated rings. The first-order valence-electron chi connectivity index (χ1n) is 6.94. The first-order valence-corrected chi connectivity index (χ1v) is 6.94. The lowest BCUT2D eigenvalue weighted by Gasteiger charge is -2.22. The molecule has 0 aliphatic carbocycles. The topological polar surface area (TPSA) is 30.9 Å². The number of nitrogens with one attached hydrogen (secondary N) is 1. The summed E-state index contributed by atoms with van der Waals surface area (Å²) in [5, 5.41) is 3.33. The normalized spacial score (nSPS) is 11.7. The molecule has 1 N–H and O–H groups in total. The molecule has 18 heavy (non-hydrogen) atoms. The number of likely N-dealkylation sites (N-methyl/N-ethyl adjacent to an activating group) is 1. The van der Waals surface area contributed by atoms with Crippen molar-refractivity contribution < 1.29 is 0 Å². The molecule has 0 bridgehead atoms. The molecule has 0 aromatic carbocycles. The Morgan fingerprint density at radius 3 is 2.56 bits per heavy atom. The van der Waals surface area contributed by atoms with Gasteiger partial charge in [0.25, 0.3) is 0 Å². The fourth-order valence-electron chi connectivity index (χ4n) is 1.53. The Morgan fingerprint density at radius 1 is 1.28 bits per heavy atom. The Labute approximate surface area is 113 Å². The smallest absolute Gasteiger partial charge is 0.193 e. The molecule has 0 unspecified atom stereocenters. The Morgan fingerprint density at radius 2 is 2.00 bits per heavy atom. The van der Waals surface area contributed by atoms with Crippen LogP contribution in [0.25, 0.3) is 0 Å². The van der Waals surface area contributed by atoms with E-state index in [0.717, 1.165) is 51.5 Å². The van der Waals surface area contributed by atoms with Crippen molar-refractivity contribution in [3.05, 3.63) is 12.7 Å². The molecule has 0 spiro atoms. The molecule has 0 aliphatic rings. The number of unbranched alkanes of at least 4 members (excludes halogenated alkanes) is 1. The van der Waals surface area contributed by atoms with Crippen molar-refractivity contribution in [2.45, 2.75) is 26.7 Å². The Kier molecular flexibility index (Phi) is 10.4. The molecule has 0 aromatic rings. The summed E-state index contributed by atoms with van der Waals surface area (Å²) in [6.45, 7) is 12.9. The van der Waals surface area contributed by atoms with Gasteiger partial charge in [-0.15, -0.1) is 6.58 Å². The van der Waals surface area contributed by atoms with Gasteiger partial charge >= 0.3 is 0 Å². The van der Waals surface area contributed by atoms with Crippen molar-refractivity contribution in [1.82, 2.24) is 15.1 Å². The van der Waals surface area contributed by atoms with Gasteiger partial charge in [-0.1, -0.05) is 13.0 Å². The van der Waals surface area contributed by atoms with E-state index in [4.69, 9.17) is 0 Å². The average molecular weight is 254 g/mol. The minimum atomic E-state index is 0.846. The first-order chi connectivity index (χ1) is 8.65. The van der Waals surface area contributed by atoms with Crippen LogP contribution in [0.3, 0.4) is 0 Å². The summed E-state index contributed by atoms with van der Waals surface area (Å²) in [4.78, 5) is 9.11. The second-order valence-electron chi connectivity index (χ2n) is 4.48. The maximum Gasteiger partial charge on any atom is 0.193 e. The van der Waals surface area contributed by atoms with Crippen LogP contribution < -0.4 is 5.32 Å². The van der Waals surface area contributed by atoms with Crippen LogP contribution in [0.4, 0.5) is 0 Å². The van der Waals surface area contributed by atoms with Crippen LogP contribution in [0.15, 0.2) is 17.6 Å². The van der Waals surface area contributed by atoms with Gasteiger partial charge < -0.3 is 15.1 Å². The Balaban J connectivity index is 4.16. The van der Waals surface area contributed by atoms with Crippen molar-refractivity contribution in [3.8, 4) is 0 Å². The highest BCUT2D eigenvalue weighted by Gasteiger charge is 2.04. The van der Waals surface area contributed by atoms with Crippen LogP contribution in [0.1, 0.15) is 26.7 Å². The van der Waals surface area contributed by atoms with Crippen LogP contribution in [-0.2, 0) is 0 Å². The molecule has 4 nitrogen and oxygen atoms in total. The fourth-order valence-corrected chi connectivity index (χ4v) is 1.53. The van der Waals surface area contributed by atoms with Gasteiger partial charge in [-0.05, 0) is 33.4 Å². The molecule has 0 saturated heterocycles. The third-order valence-electron chi connectivity index (χ3n) is 2.88. The number of aliphatic imine (C=N–C) groups is 1. The molecular formula is C14H30N4. The number of allylic oxidation sites excluding steroid dienone is 1. The second kappa shape index (κ2) is 11.1. The van der Waals surface area contributed by atoms with Crippen molar-refractivity contribution in [1.29, 1.82) is 0 Å². The lowest BCUT2D eigenvalue weighted by molar-refractivity contribution is 0.361. The zero-order valence-electron chi connectivity index (χ0n) is 12.6. The van der Waals surface area contributed by atoms with Gasteiger partial charge in [0.2, 0.25) is 0 Å². The van der Waals surface area contributed by atoms with Gasteiger partial charge in [0, 0.05) is 26.7 Å². The predicted molar refractivity (Wildman–Crippen MR) is 81.2 cm³/mol. The predicted octanol–water partition coefficient (Wildman–Crippen LogP) is 1.80. The largest absolute Gasteiger partial charge is 0.357 e. The number of guanidine groups is 1. The number of rotatable bonds is 9. The average Bonchev–Trinajstić information content (AvgIpc) is 2.37. The zero-order valence-corrected chi connectivity index (χ0v) is 12.6. The zero-order chi connectivity index (χ0) is 13.8. The monoisotopic (exact) mass is 254 g/mol. The van der Waals surface area contributed by atoms with Gasteiger partial charge in [-0.2, -0.15) is 0 Å². The maximum absolute atomic E-state index is 4.64. The highest BCUT2D eigenvalue weighted by molar-refractivity contribution is 5.79. The molecule has 4 heteroatoms. The molecule has 0 saturated carbocycles. The van der Waals surface area contributed by atoms with E-state index >= 15 is 0 Å². The number of hydrogen-bond donors (Lipinski definition) is 1. The molecule has 0 heterocycles. The Bertz CT molecular complexity index is 238. The van der Waals surface area contributed by atoms with Gasteiger partial charge in [-0.25, -0.2) is 0 Å².